The average molecular weight is 207 g/mol. The van der Waals surface area contributed by atoms with Crippen LogP contribution >= 0.6 is 0 Å². The molecule has 1 unspecified atom stereocenters. The standard InChI is InChI=1S/C13H18FN/c1-3-15-13(10-4-5-10)11-6-9(2)7-12(14)8-11/h6-8,10,13,15H,3-5H2,1-2H3. The molecule has 0 aromatic heterocycles. The summed E-state index contributed by atoms with van der Waals surface area (Å²) >= 11 is 0. The van der Waals surface area contributed by atoms with E-state index in [1.54, 1.807) is 12.1 Å². The molecule has 1 N–H and O–H groups in total. The van der Waals surface area contributed by atoms with Crippen molar-refractivity contribution < 1.29 is 4.39 Å². The van der Waals surface area contributed by atoms with Crippen LogP contribution in [0.5, 0.6) is 0 Å². The van der Waals surface area contributed by atoms with Gasteiger partial charge in [0.2, 0.25) is 0 Å². The lowest BCUT2D eigenvalue weighted by molar-refractivity contribution is 0.492. The normalized spacial score (nSPS) is 17.8. The maximum atomic E-state index is 13.3. The minimum Gasteiger partial charge on any atom is -0.310 e. The molecule has 0 bridgehead atoms. The van der Waals surface area contributed by atoms with Gasteiger partial charge in [-0.3, -0.25) is 0 Å². The van der Waals surface area contributed by atoms with Crippen LogP contribution in [0.3, 0.4) is 0 Å². The fourth-order valence-corrected chi connectivity index (χ4v) is 2.15. The molecule has 2 rings (SSSR count). The third-order valence-corrected chi connectivity index (χ3v) is 2.94. The van der Waals surface area contributed by atoms with Crippen molar-refractivity contribution in [1.82, 2.24) is 5.32 Å². The molecule has 0 amide bonds. The third-order valence-electron chi connectivity index (χ3n) is 2.94. The molecule has 0 spiro atoms. The van der Waals surface area contributed by atoms with Crippen molar-refractivity contribution in [3.05, 3.63) is 35.1 Å². The number of nitrogens with one attached hydrogen (secondary N) is 1. The third kappa shape index (κ3) is 2.57. The van der Waals surface area contributed by atoms with Gasteiger partial charge in [-0.05, 0) is 55.5 Å². The van der Waals surface area contributed by atoms with E-state index in [0.29, 0.717) is 12.0 Å². The molecular formula is C13H18FN. The van der Waals surface area contributed by atoms with Crippen LogP contribution in [0.1, 0.15) is 36.9 Å². The second-order valence-electron chi connectivity index (χ2n) is 4.43. The van der Waals surface area contributed by atoms with Crippen LogP contribution < -0.4 is 5.32 Å². The largest absolute Gasteiger partial charge is 0.310 e. The number of halogens is 1. The fourth-order valence-electron chi connectivity index (χ4n) is 2.15. The lowest BCUT2D eigenvalue weighted by Gasteiger charge is -2.18. The Morgan fingerprint density at radius 1 is 1.40 bits per heavy atom. The highest BCUT2D eigenvalue weighted by Crippen LogP contribution is 2.41. The van der Waals surface area contributed by atoms with Gasteiger partial charge in [0, 0.05) is 6.04 Å². The van der Waals surface area contributed by atoms with Gasteiger partial charge in [-0.25, -0.2) is 4.39 Å². The molecule has 1 atom stereocenters. The summed E-state index contributed by atoms with van der Waals surface area (Å²) < 4.78 is 13.3. The van der Waals surface area contributed by atoms with E-state index in [0.717, 1.165) is 17.7 Å². The smallest absolute Gasteiger partial charge is 0.123 e. The van der Waals surface area contributed by atoms with Crippen molar-refractivity contribution in [2.75, 3.05) is 6.54 Å². The Labute approximate surface area is 90.7 Å². The molecule has 1 aliphatic carbocycles. The van der Waals surface area contributed by atoms with Crippen LogP contribution in [0.15, 0.2) is 18.2 Å². The van der Waals surface area contributed by atoms with Gasteiger partial charge in [-0.1, -0.05) is 13.0 Å². The number of hydrogen-bond acceptors (Lipinski definition) is 1. The molecule has 15 heavy (non-hydrogen) atoms. The molecule has 1 aromatic rings. The monoisotopic (exact) mass is 207 g/mol. The van der Waals surface area contributed by atoms with Gasteiger partial charge in [0.05, 0.1) is 0 Å². The minimum absolute atomic E-state index is 0.117. The maximum Gasteiger partial charge on any atom is 0.123 e. The summed E-state index contributed by atoms with van der Waals surface area (Å²) in [4.78, 5) is 0. The molecule has 1 aromatic carbocycles. The summed E-state index contributed by atoms with van der Waals surface area (Å²) in [7, 11) is 0. The highest BCUT2D eigenvalue weighted by Gasteiger charge is 2.31. The van der Waals surface area contributed by atoms with Gasteiger partial charge in [0.1, 0.15) is 5.82 Å². The zero-order chi connectivity index (χ0) is 10.8. The highest BCUT2D eigenvalue weighted by molar-refractivity contribution is 5.27. The summed E-state index contributed by atoms with van der Waals surface area (Å²) in [5, 5.41) is 3.45. The Kier molecular flexibility index (Phi) is 3.06. The first-order valence-corrected chi connectivity index (χ1v) is 5.71. The zero-order valence-corrected chi connectivity index (χ0v) is 9.39. The number of aryl methyl sites for hydroxylation is 1. The van der Waals surface area contributed by atoms with Crippen molar-refractivity contribution in [1.29, 1.82) is 0 Å². The second-order valence-corrected chi connectivity index (χ2v) is 4.43. The first kappa shape index (κ1) is 10.6. The molecule has 0 radical (unpaired) electrons. The summed E-state index contributed by atoms with van der Waals surface area (Å²) in [6.07, 6.45) is 2.54. The zero-order valence-electron chi connectivity index (χ0n) is 9.39. The van der Waals surface area contributed by atoms with Crippen LogP contribution in [0.2, 0.25) is 0 Å². The fraction of sp³-hybridized carbons (Fsp3) is 0.538. The van der Waals surface area contributed by atoms with Crippen LogP contribution in [0, 0.1) is 18.7 Å². The van der Waals surface area contributed by atoms with Gasteiger partial charge < -0.3 is 5.32 Å². The van der Waals surface area contributed by atoms with Gasteiger partial charge in [0.25, 0.3) is 0 Å². The Morgan fingerprint density at radius 2 is 2.13 bits per heavy atom. The van der Waals surface area contributed by atoms with E-state index in [4.69, 9.17) is 0 Å². The van der Waals surface area contributed by atoms with E-state index in [1.807, 2.05) is 6.92 Å². The van der Waals surface area contributed by atoms with Gasteiger partial charge >= 0.3 is 0 Å². The van der Waals surface area contributed by atoms with Crippen LogP contribution in [-0.4, -0.2) is 6.54 Å². The molecule has 0 heterocycles. The van der Waals surface area contributed by atoms with E-state index >= 15 is 0 Å². The first-order chi connectivity index (χ1) is 7.20. The summed E-state index contributed by atoms with van der Waals surface area (Å²) in [6, 6.07) is 5.69. The van der Waals surface area contributed by atoms with E-state index in [9.17, 15) is 4.39 Å². The van der Waals surface area contributed by atoms with E-state index in [-0.39, 0.29) is 5.82 Å². The number of hydrogen-bond donors (Lipinski definition) is 1. The predicted molar refractivity (Wildman–Crippen MR) is 60.3 cm³/mol. The van der Waals surface area contributed by atoms with Gasteiger partial charge in [-0.15, -0.1) is 0 Å². The molecule has 0 aliphatic heterocycles. The lowest BCUT2D eigenvalue weighted by atomic mass is 10.0. The van der Waals surface area contributed by atoms with Crippen LogP contribution in [-0.2, 0) is 0 Å². The molecule has 2 heteroatoms. The van der Waals surface area contributed by atoms with Crippen molar-refractivity contribution in [3.63, 3.8) is 0 Å². The Bertz CT molecular complexity index is 324. The van der Waals surface area contributed by atoms with Crippen molar-refractivity contribution in [3.8, 4) is 0 Å². The molecule has 82 valence electrons. The molecule has 1 fully saturated rings. The van der Waals surface area contributed by atoms with Gasteiger partial charge in [-0.2, -0.15) is 0 Å². The Balaban J connectivity index is 2.24. The molecule has 1 saturated carbocycles. The van der Waals surface area contributed by atoms with E-state index < -0.39 is 0 Å². The summed E-state index contributed by atoms with van der Waals surface area (Å²) in [6.45, 7) is 4.99. The van der Waals surface area contributed by atoms with Crippen LogP contribution in [0.25, 0.3) is 0 Å². The first-order valence-electron chi connectivity index (χ1n) is 5.71. The highest BCUT2D eigenvalue weighted by atomic mass is 19.1. The Morgan fingerprint density at radius 3 is 2.67 bits per heavy atom. The number of rotatable bonds is 4. The second kappa shape index (κ2) is 4.31. The SMILES string of the molecule is CCNC(c1cc(C)cc(F)c1)C1CC1. The predicted octanol–water partition coefficient (Wildman–Crippen LogP) is 3.19. The molecule has 1 nitrogen and oxygen atoms in total. The van der Waals surface area contributed by atoms with Gasteiger partial charge in [0.15, 0.2) is 0 Å². The summed E-state index contributed by atoms with van der Waals surface area (Å²) in [5.41, 5.74) is 2.12. The minimum atomic E-state index is -0.117. The topological polar surface area (TPSA) is 12.0 Å². The van der Waals surface area contributed by atoms with Crippen molar-refractivity contribution in [2.24, 2.45) is 5.92 Å². The van der Waals surface area contributed by atoms with Crippen LogP contribution in [0.4, 0.5) is 4.39 Å². The maximum absolute atomic E-state index is 13.3. The average Bonchev–Trinajstić information content (AvgIpc) is 2.95. The quantitative estimate of drug-likeness (QED) is 0.799. The number of benzene rings is 1. The molecule has 1 aliphatic rings. The van der Waals surface area contributed by atoms with E-state index in [1.165, 1.54) is 12.8 Å². The van der Waals surface area contributed by atoms with E-state index in [2.05, 4.69) is 18.3 Å². The lowest BCUT2D eigenvalue weighted by Crippen LogP contribution is -2.22. The molecular weight excluding hydrogens is 189 g/mol. The van der Waals surface area contributed by atoms with Crippen molar-refractivity contribution in [2.45, 2.75) is 32.7 Å². The Hall–Kier alpha value is -0.890. The molecule has 0 saturated heterocycles. The van der Waals surface area contributed by atoms with Crippen molar-refractivity contribution >= 4 is 0 Å². The summed E-state index contributed by atoms with van der Waals surface area (Å²) in [5.74, 6) is 0.597.